The molecule has 1 aromatic heterocycles. The topological polar surface area (TPSA) is 85.3 Å². The Bertz CT molecular complexity index is 441. The quantitative estimate of drug-likeness (QED) is 0.592. The molecular formula is C11H18N2O3S. The normalized spacial score (nSPS) is 24.9. The first-order valence-corrected chi connectivity index (χ1v) is 7.60. The average Bonchev–Trinajstić information content (AvgIpc) is 2.87. The summed E-state index contributed by atoms with van der Waals surface area (Å²) in [6.45, 7) is 0. The van der Waals surface area contributed by atoms with Gasteiger partial charge in [0, 0.05) is 12.5 Å². The molecule has 1 fully saturated rings. The summed E-state index contributed by atoms with van der Waals surface area (Å²) in [6.07, 6.45) is 3.85. The van der Waals surface area contributed by atoms with Crippen LogP contribution in [0.25, 0.3) is 0 Å². The molecule has 1 aliphatic heterocycles. The van der Waals surface area contributed by atoms with Gasteiger partial charge in [-0.2, -0.15) is 0 Å². The molecule has 0 saturated carbocycles. The van der Waals surface area contributed by atoms with Crippen LogP contribution in [-0.4, -0.2) is 26.0 Å². The van der Waals surface area contributed by atoms with Gasteiger partial charge in [0.05, 0.1) is 17.8 Å². The highest BCUT2D eigenvalue weighted by Crippen LogP contribution is 2.23. The van der Waals surface area contributed by atoms with Gasteiger partial charge in [-0.1, -0.05) is 0 Å². The second-order valence-electron chi connectivity index (χ2n) is 4.65. The summed E-state index contributed by atoms with van der Waals surface area (Å²) in [5.74, 6) is 7.19. The largest absolute Gasteiger partial charge is 0.469 e. The van der Waals surface area contributed by atoms with Gasteiger partial charge in [0.1, 0.15) is 5.76 Å². The number of nitrogens with one attached hydrogen (secondary N) is 1. The van der Waals surface area contributed by atoms with E-state index in [0.717, 1.165) is 18.6 Å². The van der Waals surface area contributed by atoms with E-state index in [1.54, 1.807) is 6.26 Å². The van der Waals surface area contributed by atoms with E-state index in [9.17, 15) is 8.42 Å². The third kappa shape index (κ3) is 3.55. The molecule has 2 heterocycles. The van der Waals surface area contributed by atoms with Crippen molar-refractivity contribution < 1.29 is 12.8 Å². The molecule has 0 spiro atoms. The van der Waals surface area contributed by atoms with Crippen molar-refractivity contribution in [2.75, 3.05) is 11.5 Å². The SMILES string of the molecule is NNC(Cc1ccco1)CC1CCS(=O)(=O)C1. The van der Waals surface area contributed by atoms with Gasteiger partial charge in [-0.3, -0.25) is 11.3 Å². The van der Waals surface area contributed by atoms with Crippen LogP contribution < -0.4 is 11.3 Å². The standard InChI is InChI=1S/C11H18N2O3S/c12-13-10(7-11-2-1-4-16-11)6-9-3-5-17(14,15)8-9/h1-2,4,9-10,13H,3,5-8,12H2. The zero-order valence-electron chi connectivity index (χ0n) is 9.63. The molecule has 1 saturated heterocycles. The lowest BCUT2D eigenvalue weighted by Crippen LogP contribution is -2.38. The number of furan rings is 1. The predicted octanol–water partition coefficient (Wildman–Crippen LogP) is 0.479. The minimum Gasteiger partial charge on any atom is -0.469 e. The Morgan fingerprint density at radius 2 is 2.41 bits per heavy atom. The lowest BCUT2D eigenvalue weighted by Gasteiger charge is -2.17. The Morgan fingerprint density at radius 3 is 2.94 bits per heavy atom. The van der Waals surface area contributed by atoms with E-state index >= 15 is 0 Å². The highest BCUT2D eigenvalue weighted by atomic mass is 32.2. The molecule has 3 N–H and O–H groups in total. The first-order valence-electron chi connectivity index (χ1n) is 5.78. The van der Waals surface area contributed by atoms with E-state index in [1.807, 2.05) is 12.1 Å². The molecule has 2 rings (SSSR count). The molecule has 96 valence electrons. The fourth-order valence-electron chi connectivity index (χ4n) is 2.34. The van der Waals surface area contributed by atoms with Crippen LogP contribution >= 0.6 is 0 Å². The van der Waals surface area contributed by atoms with E-state index in [4.69, 9.17) is 10.3 Å². The van der Waals surface area contributed by atoms with Gasteiger partial charge in [0.2, 0.25) is 0 Å². The second-order valence-corrected chi connectivity index (χ2v) is 6.88. The van der Waals surface area contributed by atoms with Crippen LogP contribution in [0.3, 0.4) is 0 Å². The zero-order chi connectivity index (χ0) is 12.3. The van der Waals surface area contributed by atoms with Gasteiger partial charge in [0.15, 0.2) is 9.84 Å². The monoisotopic (exact) mass is 258 g/mol. The van der Waals surface area contributed by atoms with Gasteiger partial charge in [-0.25, -0.2) is 8.42 Å². The molecule has 6 heteroatoms. The van der Waals surface area contributed by atoms with Crippen molar-refractivity contribution in [1.82, 2.24) is 5.43 Å². The Morgan fingerprint density at radius 1 is 1.59 bits per heavy atom. The maximum atomic E-state index is 11.4. The van der Waals surface area contributed by atoms with Crippen molar-refractivity contribution in [3.05, 3.63) is 24.2 Å². The van der Waals surface area contributed by atoms with Crippen LogP contribution in [-0.2, 0) is 16.3 Å². The maximum absolute atomic E-state index is 11.4. The van der Waals surface area contributed by atoms with E-state index in [1.165, 1.54) is 0 Å². The molecule has 17 heavy (non-hydrogen) atoms. The minimum atomic E-state index is -2.80. The summed E-state index contributed by atoms with van der Waals surface area (Å²) in [4.78, 5) is 0. The lowest BCUT2D eigenvalue weighted by molar-refractivity contribution is 0.381. The Hall–Kier alpha value is -0.850. The van der Waals surface area contributed by atoms with E-state index < -0.39 is 9.84 Å². The summed E-state index contributed by atoms with van der Waals surface area (Å²) in [6, 6.07) is 3.80. The molecule has 0 bridgehead atoms. The van der Waals surface area contributed by atoms with Crippen LogP contribution in [0.1, 0.15) is 18.6 Å². The first kappa shape index (κ1) is 12.6. The summed E-state index contributed by atoms with van der Waals surface area (Å²) in [7, 11) is -2.80. The molecular weight excluding hydrogens is 240 g/mol. The Labute approximate surface area is 101 Å². The molecule has 1 aliphatic rings. The highest BCUT2D eigenvalue weighted by Gasteiger charge is 2.29. The summed E-state index contributed by atoms with van der Waals surface area (Å²) in [5, 5.41) is 0. The summed E-state index contributed by atoms with van der Waals surface area (Å²) in [5.41, 5.74) is 2.74. The molecule has 0 aromatic carbocycles. The second kappa shape index (κ2) is 5.20. The molecule has 5 nitrogen and oxygen atoms in total. The highest BCUT2D eigenvalue weighted by molar-refractivity contribution is 7.91. The number of hydrogen-bond donors (Lipinski definition) is 2. The van der Waals surface area contributed by atoms with Crippen molar-refractivity contribution in [2.24, 2.45) is 11.8 Å². The van der Waals surface area contributed by atoms with Gasteiger partial charge in [-0.05, 0) is 30.9 Å². The van der Waals surface area contributed by atoms with Gasteiger partial charge in [-0.15, -0.1) is 0 Å². The third-order valence-electron chi connectivity index (χ3n) is 3.21. The fraction of sp³-hybridized carbons (Fsp3) is 0.636. The van der Waals surface area contributed by atoms with Crippen LogP contribution in [0.2, 0.25) is 0 Å². The fourth-order valence-corrected chi connectivity index (χ4v) is 4.22. The zero-order valence-corrected chi connectivity index (χ0v) is 10.4. The summed E-state index contributed by atoms with van der Waals surface area (Å²) < 4.78 is 28.0. The summed E-state index contributed by atoms with van der Waals surface area (Å²) >= 11 is 0. The van der Waals surface area contributed by atoms with Gasteiger partial charge >= 0.3 is 0 Å². The van der Waals surface area contributed by atoms with Crippen molar-refractivity contribution in [1.29, 1.82) is 0 Å². The minimum absolute atomic E-state index is 0.0689. The Kier molecular flexibility index (Phi) is 3.86. The molecule has 2 atom stereocenters. The maximum Gasteiger partial charge on any atom is 0.150 e. The lowest BCUT2D eigenvalue weighted by atomic mass is 9.97. The number of hydrogen-bond acceptors (Lipinski definition) is 5. The van der Waals surface area contributed by atoms with Crippen molar-refractivity contribution in [3.63, 3.8) is 0 Å². The molecule has 2 unspecified atom stereocenters. The van der Waals surface area contributed by atoms with E-state index in [0.29, 0.717) is 17.9 Å². The van der Waals surface area contributed by atoms with Crippen LogP contribution in [0.5, 0.6) is 0 Å². The predicted molar refractivity (Wildman–Crippen MR) is 64.9 cm³/mol. The van der Waals surface area contributed by atoms with Crippen molar-refractivity contribution >= 4 is 9.84 Å². The van der Waals surface area contributed by atoms with Gasteiger partial charge < -0.3 is 4.42 Å². The van der Waals surface area contributed by atoms with Crippen molar-refractivity contribution in [2.45, 2.75) is 25.3 Å². The Balaban J connectivity index is 1.88. The average molecular weight is 258 g/mol. The van der Waals surface area contributed by atoms with E-state index in [2.05, 4.69) is 5.43 Å². The molecule has 0 amide bonds. The van der Waals surface area contributed by atoms with Crippen LogP contribution in [0.4, 0.5) is 0 Å². The van der Waals surface area contributed by atoms with Crippen LogP contribution in [0.15, 0.2) is 22.8 Å². The number of rotatable bonds is 5. The van der Waals surface area contributed by atoms with E-state index in [-0.39, 0.29) is 12.0 Å². The molecule has 1 aromatic rings. The smallest absolute Gasteiger partial charge is 0.150 e. The molecule has 0 aliphatic carbocycles. The van der Waals surface area contributed by atoms with Gasteiger partial charge in [0.25, 0.3) is 0 Å². The molecule has 0 radical (unpaired) electrons. The van der Waals surface area contributed by atoms with Crippen LogP contribution in [0, 0.1) is 5.92 Å². The first-order chi connectivity index (χ1) is 8.09. The number of hydrazine groups is 1. The number of sulfone groups is 1. The third-order valence-corrected chi connectivity index (χ3v) is 5.04. The number of nitrogens with two attached hydrogens (primary N) is 1. The van der Waals surface area contributed by atoms with Crippen molar-refractivity contribution in [3.8, 4) is 0 Å².